The zero-order valence-corrected chi connectivity index (χ0v) is 17.8. The number of benzene rings is 3. The first kappa shape index (κ1) is 22.3. The Morgan fingerprint density at radius 2 is 1.47 bits per heavy atom. The molecule has 1 aliphatic heterocycles. The number of esters is 1. The summed E-state index contributed by atoms with van der Waals surface area (Å²) in [5.41, 5.74) is 0.402. The first-order valence-electron chi connectivity index (χ1n) is 10.0. The molecule has 0 N–H and O–H groups in total. The average Bonchev–Trinajstić information content (AvgIpc) is 3.11. The standard InChI is InChI=1S/C24H17N3O7/c1-34-24(31)19-8-4-5-9-20(19)25(21(28)15-10-12-16(13-11-15)27(32)33)14-26-22(29)17-6-2-3-7-18(17)23(26)30/h2-13H,14H2,1H3. The lowest BCUT2D eigenvalue weighted by atomic mass is 10.1. The molecule has 3 aromatic rings. The molecule has 0 saturated heterocycles. The third kappa shape index (κ3) is 3.88. The van der Waals surface area contributed by atoms with Crippen molar-refractivity contribution in [3.63, 3.8) is 0 Å². The van der Waals surface area contributed by atoms with E-state index < -0.39 is 35.3 Å². The van der Waals surface area contributed by atoms with E-state index in [9.17, 15) is 29.3 Å². The average molecular weight is 459 g/mol. The van der Waals surface area contributed by atoms with E-state index in [1.807, 2.05) is 0 Å². The number of hydrogen-bond donors (Lipinski definition) is 0. The number of ether oxygens (including phenoxy) is 1. The summed E-state index contributed by atoms with van der Waals surface area (Å²) < 4.78 is 4.82. The number of fused-ring (bicyclic) bond motifs is 1. The summed E-state index contributed by atoms with van der Waals surface area (Å²) in [6, 6.07) is 17.2. The Morgan fingerprint density at radius 3 is 2.03 bits per heavy atom. The monoisotopic (exact) mass is 459 g/mol. The highest BCUT2D eigenvalue weighted by molar-refractivity contribution is 6.22. The van der Waals surface area contributed by atoms with Gasteiger partial charge >= 0.3 is 5.97 Å². The lowest BCUT2D eigenvalue weighted by Gasteiger charge is -2.28. The molecule has 34 heavy (non-hydrogen) atoms. The van der Waals surface area contributed by atoms with Crippen molar-refractivity contribution in [2.45, 2.75) is 0 Å². The van der Waals surface area contributed by atoms with Crippen molar-refractivity contribution < 1.29 is 28.8 Å². The normalized spacial score (nSPS) is 12.3. The van der Waals surface area contributed by atoms with Crippen LogP contribution in [0.25, 0.3) is 0 Å². The van der Waals surface area contributed by atoms with Gasteiger partial charge in [0.05, 0.1) is 34.4 Å². The van der Waals surface area contributed by atoms with Crippen LogP contribution < -0.4 is 4.90 Å². The Labute approximate surface area is 193 Å². The molecule has 0 fully saturated rings. The highest BCUT2D eigenvalue weighted by atomic mass is 16.6. The van der Waals surface area contributed by atoms with E-state index in [0.717, 1.165) is 9.80 Å². The Hall–Kier alpha value is -4.86. The van der Waals surface area contributed by atoms with Crippen molar-refractivity contribution in [2.24, 2.45) is 0 Å². The number of hydrogen-bond acceptors (Lipinski definition) is 7. The number of carbonyl (C=O) groups is 4. The van der Waals surface area contributed by atoms with Gasteiger partial charge in [0.1, 0.15) is 6.67 Å². The van der Waals surface area contributed by atoms with Crippen LogP contribution in [0.2, 0.25) is 0 Å². The second-order valence-corrected chi connectivity index (χ2v) is 7.27. The van der Waals surface area contributed by atoms with E-state index in [-0.39, 0.29) is 33.6 Å². The van der Waals surface area contributed by atoms with Crippen LogP contribution in [-0.2, 0) is 4.74 Å². The highest BCUT2D eigenvalue weighted by Crippen LogP contribution is 2.28. The van der Waals surface area contributed by atoms with Crippen LogP contribution >= 0.6 is 0 Å². The van der Waals surface area contributed by atoms with Crippen LogP contribution in [0.4, 0.5) is 11.4 Å². The fraction of sp³-hybridized carbons (Fsp3) is 0.0833. The van der Waals surface area contributed by atoms with Gasteiger partial charge in [0.25, 0.3) is 23.4 Å². The molecule has 3 aromatic carbocycles. The number of nitrogens with zero attached hydrogens (tertiary/aromatic N) is 3. The summed E-state index contributed by atoms with van der Waals surface area (Å²) in [5, 5.41) is 11.0. The molecule has 0 spiro atoms. The number of non-ortho nitro benzene ring substituents is 1. The highest BCUT2D eigenvalue weighted by Gasteiger charge is 2.38. The zero-order valence-electron chi connectivity index (χ0n) is 17.8. The minimum Gasteiger partial charge on any atom is -0.465 e. The molecular formula is C24H17N3O7. The molecule has 10 heteroatoms. The Balaban J connectivity index is 1.78. The number of nitro benzene ring substituents is 1. The Morgan fingerprint density at radius 1 is 0.912 bits per heavy atom. The summed E-state index contributed by atoms with van der Waals surface area (Å²) in [7, 11) is 1.19. The molecule has 3 amide bonds. The third-order valence-corrected chi connectivity index (χ3v) is 5.33. The molecule has 10 nitrogen and oxygen atoms in total. The van der Waals surface area contributed by atoms with Crippen molar-refractivity contribution in [3.8, 4) is 0 Å². The predicted octanol–water partition coefficient (Wildman–Crippen LogP) is 3.28. The quantitative estimate of drug-likeness (QED) is 0.240. The molecule has 1 aliphatic rings. The summed E-state index contributed by atoms with van der Waals surface area (Å²) in [5.74, 6) is -2.57. The van der Waals surface area contributed by atoms with Crippen LogP contribution in [0.3, 0.4) is 0 Å². The number of anilines is 1. The van der Waals surface area contributed by atoms with Crippen molar-refractivity contribution in [2.75, 3.05) is 18.7 Å². The van der Waals surface area contributed by atoms with Crippen molar-refractivity contribution in [3.05, 3.63) is 105 Å². The van der Waals surface area contributed by atoms with Gasteiger partial charge in [0.15, 0.2) is 0 Å². The molecule has 0 aromatic heterocycles. The Kier molecular flexibility index (Phi) is 5.88. The van der Waals surface area contributed by atoms with E-state index >= 15 is 0 Å². The maximum atomic E-state index is 13.5. The number of rotatable bonds is 6. The molecule has 0 atom stereocenters. The van der Waals surface area contributed by atoms with Crippen LogP contribution in [0.5, 0.6) is 0 Å². The number of methoxy groups -OCH3 is 1. The molecule has 0 aliphatic carbocycles. The predicted molar refractivity (Wildman–Crippen MR) is 119 cm³/mol. The smallest absolute Gasteiger partial charge is 0.339 e. The number of amides is 3. The van der Waals surface area contributed by atoms with E-state index in [4.69, 9.17) is 4.74 Å². The summed E-state index contributed by atoms with van der Waals surface area (Å²) in [4.78, 5) is 64.1. The lowest BCUT2D eigenvalue weighted by molar-refractivity contribution is -0.384. The lowest BCUT2D eigenvalue weighted by Crippen LogP contribution is -2.45. The van der Waals surface area contributed by atoms with Gasteiger partial charge in [-0.15, -0.1) is 0 Å². The second-order valence-electron chi connectivity index (χ2n) is 7.27. The number of imide groups is 1. The van der Waals surface area contributed by atoms with E-state index in [1.165, 1.54) is 55.6 Å². The third-order valence-electron chi connectivity index (χ3n) is 5.33. The SMILES string of the molecule is COC(=O)c1ccccc1N(CN1C(=O)c2ccccc2C1=O)C(=O)c1ccc([N+](=O)[O-])cc1. The van der Waals surface area contributed by atoms with Gasteiger partial charge in [-0.2, -0.15) is 0 Å². The minimum absolute atomic E-state index is 0.0388. The molecular weight excluding hydrogens is 442 g/mol. The zero-order chi connectivity index (χ0) is 24.4. The number of para-hydroxylation sites is 1. The Bertz CT molecular complexity index is 1300. The van der Waals surface area contributed by atoms with Crippen LogP contribution in [0.1, 0.15) is 41.4 Å². The minimum atomic E-state index is -0.723. The van der Waals surface area contributed by atoms with Crippen molar-refractivity contribution in [1.29, 1.82) is 0 Å². The fourth-order valence-electron chi connectivity index (χ4n) is 3.63. The van der Waals surface area contributed by atoms with E-state index in [2.05, 4.69) is 0 Å². The van der Waals surface area contributed by atoms with Gasteiger partial charge in [-0.05, 0) is 36.4 Å². The van der Waals surface area contributed by atoms with Gasteiger partial charge in [0.2, 0.25) is 0 Å². The summed E-state index contributed by atoms with van der Waals surface area (Å²) in [6.45, 7) is -0.490. The number of carbonyl (C=O) groups excluding carboxylic acids is 4. The van der Waals surface area contributed by atoms with Crippen molar-refractivity contribution in [1.82, 2.24) is 4.90 Å². The van der Waals surface area contributed by atoms with Gasteiger partial charge in [0, 0.05) is 17.7 Å². The largest absolute Gasteiger partial charge is 0.465 e. The molecule has 0 unspecified atom stereocenters. The maximum Gasteiger partial charge on any atom is 0.339 e. The molecule has 0 saturated carbocycles. The number of nitro groups is 1. The van der Waals surface area contributed by atoms with Crippen LogP contribution in [0.15, 0.2) is 72.8 Å². The van der Waals surface area contributed by atoms with Gasteiger partial charge in [-0.1, -0.05) is 24.3 Å². The fourth-order valence-corrected chi connectivity index (χ4v) is 3.63. The first-order valence-corrected chi connectivity index (χ1v) is 10.0. The second kappa shape index (κ2) is 8.94. The summed E-state index contributed by atoms with van der Waals surface area (Å²) >= 11 is 0. The summed E-state index contributed by atoms with van der Waals surface area (Å²) in [6.07, 6.45) is 0. The first-order chi connectivity index (χ1) is 16.3. The van der Waals surface area contributed by atoms with Crippen molar-refractivity contribution >= 4 is 35.1 Å². The van der Waals surface area contributed by atoms with Gasteiger partial charge in [-0.25, -0.2) is 4.79 Å². The maximum absolute atomic E-state index is 13.5. The molecule has 1 heterocycles. The van der Waals surface area contributed by atoms with Gasteiger partial charge in [-0.3, -0.25) is 34.3 Å². The van der Waals surface area contributed by atoms with Crippen LogP contribution in [0, 0.1) is 10.1 Å². The molecule has 0 radical (unpaired) electrons. The molecule has 4 rings (SSSR count). The van der Waals surface area contributed by atoms with E-state index in [0.29, 0.717) is 0 Å². The van der Waals surface area contributed by atoms with Crippen LogP contribution in [-0.4, -0.2) is 47.3 Å². The topological polar surface area (TPSA) is 127 Å². The molecule has 0 bridgehead atoms. The van der Waals surface area contributed by atoms with E-state index in [1.54, 1.807) is 24.3 Å². The molecule has 170 valence electrons. The van der Waals surface area contributed by atoms with Gasteiger partial charge < -0.3 is 4.74 Å².